The highest BCUT2D eigenvalue weighted by Gasteiger charge is 2.34. The lowest BCUT2D eigenvalue weighted by atomic mass is 9.75. The Bertz CT molecular complexity index is 1170. The molecule has 37 heavy (non-hydrogen) atoms. The number of carbonyl (C=O) groups excluding carboxylic acids is 1. The van der Waals surface area contributed by atoms with Crippen LogP contribution in [-0.4, -0.2) is 59.5 Å². The maximum atomic E-state index is 15.2. The van der Waals surface area contributed by atoms with Gasteiger partial charge in [0, 0.05) is 44.6 Å². The fraction of sp³-hybridized carbons (Fsp3) is 0.533. The van der Waals surface area contributed by atoms with Crippen molar-refractivity contribution in [2.24, 2.45) is 5.92 Å². The number of halogens is 1. The zero-order valence-corrected chi connectivity index (χ0v) is 22.0. The number of benzene rings is 2. The van der Waals surface area contributed by atoms with E-state index in [9.17, 15) is 4.79 Å². The minimum absolute atomic E-state index is 0.0248. The van der Waals surface area contributed by atoms with Gasteiger partial charge in [0.05, 0.1) is 17.5 Å². The lowest BCUT2D eigenvalue weighted by Crippen LogP contribution is -2.49. The first kappa shape index (κ1) is 25.7. The van der Waals surface area contributed by atoms with E-state index >= 15 is 4.39 Å². The first-order chi connectivity index (χ1) is 18.1. The van der Waals surface area contributed by atoms with Crippen LogP contribution in [0.4, 0.5) is 10.1 Å². The van der Waals surface area contributed by atoms with Crippen molar-refractivity contribution in [3.8, 4) is 0 Å². The third kappa shape index (κ3) is 5.98. The number of aromatic nitrogens is 2. The van der Waals surface area contributed by atoms with Crippen LogP contribution in [0.15, 0.2) is 48.8 Å². The topological polar surface area (TPSA) is 64.3 Å². The Morgan fingerprint density at radius 1 is 1.08 bits per heavy atom. The summed E-state index contributed by atoms with van der Waals surface area (Å²) in [5.74, 6) is 0.282. The molecule has 1 amide bonds. The lowest BCUT2D eigenvalue weighted by molar-refractivity contribution is -0.122. The normalized spacial score (nSPS) is 19.1. The number of fused-ring (bicyclic) bond motifs is 1. The fourth-order valence-electron chi connectivity index (χ4n) is 6.37. The van der Waals surface area contributed by atoms with Crippen LogP contribution in [-0.2, 0) is 4.79 Å². The molecule has 2 heterocycles. The summed E-state index contributed by atoms with van der Waals surface area (Å²) in [7, 11) is 0. The van der Waals surface area contributed by atoms with Crippen molar-refractivity contribution in [1.29, 1.82) is 0 Å². The second kappa shape index (κ2) is 12.1. The van der Waals surface area contributed by atoms with Crippen LogP contribution >= 0.6 is 0 Å². The number of rotatable bonds is 9. The lowest BCUT2D eigenvalue weighted by Gasteiger charge is -2.39. The Labute approximate surface area is 219 Å². The highest BCUT2D eigenvalue weighted by Crippen LogP contribution is 2.37. The van der Waals surface area contributed by atoms with E-state index in [2.05, 4.69) is 43.3 Å². The maximum absolute atomic E-state index is 15.2. The van der Waals surface area contributed by atoms with Crippen molar-refractivity contribution >= 4 is 22.6 Å². The highest BCUT2D eigenvalue weighted by molar-refractivity contribution is 5.88. The van der Waals surface area contributed by atoms with Crippen LogP contribution < -0.4 is 10.2 Å². The smallest absolute Gasteiger partial charge is 0.219 e. The van der Waals surface area contributed by atoms with Gasteiger partial charge in [0.2, 0.25) is 5.91 Å². The van der Waals surface area contributed by atoms with Gasteiger partial charge >= 0.3 is 0 Å². The van der Waals surface area contributed by atoms with Gasteiger partial charge in [-0.1, -0.05) is 50.5 Å². The van der Waals surface area contributed by atoms with Crippen LogP contribution in [0.5, 0.6) is 0 Å². The van der Waals surface area contributed by atoms with E-state index in [-0.39, 0.29) is 23.7 Å². The Hall–Kier alpha value is -2.93. The van der Waals surface area contributed by atoms with Gasteiger partial charge in [-0.25, -0.2) is 9.37 Å². The monoisotopic (exact) mass is 505 g/mol. The molecule has 2 unspecified atom stereocenters. The quantitative estimate of drug-likeness (QED) is 0.405. The van der Waals surface area contributed by atoms with E-state index in [1.54, 1.807) is 18.5 Å². The summed E-state index contributed by atoms with van der Waals surface area (Å²) in [5.41, 5.74) is 4.02. The highest BCUT2D eigenvalue weighted by atomic mass is 19.1. The van der Waals surface area contributed by atoms with E-state index in [0.717, 1.165) is 68.6 Å². The summed E-state index contributed by atoms with van der Waals surface area (Å²) in [6.45, 7) is 6.59. The van der Waals surface area contributed by atoms with E-state index in [4.69, 9.17) is 0 Å². The van der Waals surface area contributed by atoms with Crippen LogP contribution in [0, 0.1) is 11.7 Å². The zero-order valence-electron chi connectivity index (χ0n) is 22.0. The Morgan fingerprint density at radius 2 is 1.86 bits per heavy atom. The van der Waals surface area contributed by atoms with Crippen molar-refractivity contribution in [1.82, 2.24) is 20.2 Å². The minimum Gasteiger partial charge on any atom is -0.367 e. The number of H-pyrrole nitrogens is 1. The molecule has 6 nitrogen and oxygen atoms in total. The second-order valence-corrected chi connectivity index (χ2v) is 10.7. The predicted molar refractivity (Wildman–Crippen MR) is 147 cm³/mol. The molecule has 0 spiro atoms. The predicted octanol–water partition coefficient (Wildman–Crippen LogP) is 5.47. The molecule has 1 aliphatic heterocycles. The number of carbonyl (C=O) groups is 1. The number of hydrogen-bond acceptors (Lipinski definition) is 4. The molecule has 1 saturated carbocycles. The number of piperazine rings is 1. The number of aromatic amines is 1. The number of imidazole rings is 1. The van der Waals surface area contributed by atoms with Gasteiger partial charge in [-0.05, 0) is 55.5 Å². The van der Waals surface area contributed by atoms with E-state index in [1.165, 1.54) is 24.9 Å². The van der Waals surface area contributed by atoms with Gasteiger partial charge in [-0.2, -0.15) is 0 Å². The molecule has 0 bridgehead atoms. The molecule has 7 heteroatoms. The van der Waals surface area contributed by atoms with E-state index in [0.29, 0.717) is 12.3 Å². The van der Waals surface area contributed by atoms with Crippen LogP contribution in [0.25, 0.3) is 11.0 Å². The molecule has 5 rings (SSSR count). The number of nitrogens with one attached hydrogen (secondary N) is 2. The van der Waals surface area contributed by atoms with E-state index < -0.39 is 0 Å². The standard InChI is InChI=1S/C30H40FN5O/c1-2-28(37)34-29(22-9-4-3-5-10-22)24(23-11-6-7-12-25(23)31)15-16-35-17-19-36(20-18-35)27-14-8-13-26-30(27)33-21-32-26/h6-8,11-14,21-22,24,29H,2-5,9-10,15-20H2,1H3,(H,32,33)(H,34,37). The second-order valence-electron chi connectivity index (χ2n) is 10.7. The van der Waals surface area contributed by atoms with Crippen molar-refractivity contribution in [2.75, 3.05) is 37.6 Å². The number of amides is 1. The molecular weight excluding hydrogens is 465 g/mol. The van der Waals surface area contributed by atoms with Crippen LogP contribution in [0.3, 0.4) is 0 Å². The van der Waals surface area contributed by atoms with Crippen molar-refractivity contribution in [3.63, 3.8) is 0 Å². The van der Waals surface area contributed by atoms with Gasteiger partial charge in [0.1, 0.15) is 11.3 Å². The van der Waals surface area contributed by atoms with Crippen LogP contribution in [0.2, 0.25) is 0 Å². The molecule has 2 N–H and O–H groups in total. The molecule has 1 saturated heterocycles. The van der Waals surface area contributed by atoms with Crippen LogP contribution in [0.1, 0.15) is 63.4 Å². The van der Waals surface area contributed by atoms with E-state index in [1.807, 2.05) is 19.1 Å². The van der Waals surface area contributed by atoms with Gasteiger partial charge in [-0.3, -0.25) is 9.69 Å². The van der Waals surface area contributed by atoms with Gasteiger partial charge < -0.3 is 15.2 Å². The molecule has 2 atom stereocenters. The number of para-hydroxylation sites is 1. The average Bonchev–Trinajstić information content (AvgIpc) is 3.43. The Kier molecular flexibility index (Phi) is 8.39. The number of nitrogens with zero attached hydrogens (tertiary/aromatic N) is 3. The summed E-state index contributed by atoms with van der Waals surface area (Å²) in [6.07, 6.45) is 8.90. The summed E-state index contributed by atoms with van der Waals surface area (Å²) in [6, 6.07) is 13.4. The molecule has 0 radical (unpaired) electrons. The minimum atomic E-state index is -0.157. The Morgan fingerprint density at radius 3 is 2.62 bits per heavy atom. The molecule has 1 aromatic heterocycles. The van der Waals surface area contributed by atoms with Crippen molar-refractivity contribution in [2.45, 2.75) is 63.8 Å². The largest absolute Gasteiger partial charge is 0.367 e. The van der Waals surface area contributed by atoms with Gasteiger partial charge in [0.25, 0.3) is 0 Å². The molecule has 3 aromatic rings. The maximum Gasteiger partial charge on any atom is 0.219 e. The van der Waals surface area contributed by atoms with Gasteiger partial charge in [0.15, 0.2) is 0 Å². The third-order valence-corrected chi connectivity index (χ3v) is 8.44. The number of hydrogen-bond donors (Lipinski definition) is 2. The van der Waals surface area contributed by atoms with Crippen molar-refractivity contribution in [3.05, 3.63) is 60.2 Å². The SMILES string of the molecule is CCC(=O)NC(C1CCCCC1)C(CCN1CCN(c2cccc3[nH]cnc23)CC1)c1ccccc1F. The fourth-order valence-corrected chi connectivity index (χ4v) is 6.37. The molecule has 2 fully saturated rings. The summed E-state index contributed by atoms with van der Waals surface area (Å²) in [5, 5.41) is 3.35. The number of anilines is 1. The summed E-state index contributed by atoms with van der Waals surface area (Å²) < 4.78 is 15.2. The molecule has 1 aliphatic carbocycles. The summed E-state index contributed by atoms with van der Waals surface area (Å²) in [4.78, 5) is 25.3. The molecule has 2 aromatic carbocycles. The average molecular weight is 506 g/mol. The first-order valence-electron chi connectivity index (χ1n) is 14.1. The summed E-state index contributed by atoms with van der Waals surface area (Å²) >= 11 is 0. The molecular formula is C30H40FN5O. The third-order valence-electron chi connectivity index (χ3n) is 8.44. The Balaban J connectivity index is 1.29. The molecule has 2 aliphatic rings. The first-order valence-corrected chi connectivity index (χ1v) is 14.1. The van der Waals surface area contributed by atoms with Gasteiger partial charge in [-0.15, -0.1) is 0 Å². The zero-order chi connectivity index (χ0) is 25.6. The van der Waals surface area contributed by atoms with Crippen molar-refractivity contribution < 1.29 is 9.18 Å². The molecule has 198 valence electrons.